The van der Waals surface area contributed by atoms with Crippen LogP contribution < -0.4 is 4.90 Å². The summed E-state index contributed by atoms with van der Waals surface area (Å²) in [5.41, 5.74) is 4.49. The zero-order valence-electron chi connectivity index (χ0n) is 13.3. The van der Waals surface area contributed by atoms with Crippen LogP contribution in [0.1, 0.15) is 16.7 Å². The van der Waals surface area contributed by atoms with Gasteiger partial charge in [0.25, 0.3) is 0 Å². The number of nitrogens with zero attached hydrogens (tertiary/aromatic N) is 1. The number of hydrogen-bond donors (Lipinski definition) is 0. The lowest BCUT2D eigenvalue weighted by Crippen LogP contribution is -2.23. The summed E-state index contributed by atoms with van der Waals surface area (Å²) in [6, 6.07) is 25.7. The molecule has 3 heteroatoms. The van der Waals surface area contributed by atoms with Gasteiger partial charge in [-0.3, -0.25) is 0 Å². The maximum atomic E-state index is 13.6. The van der Waals surface area contributed by atoms with Gasteiger partial charge in [-0.25, -0.2) is 4.39 Å². The Bertz CT molecular complexity index is 733. The molecule has 0 aliphatic carbocycles. The molecule has 0 bridgehead atoms. The van der Waals surface area contributed by atoms with Crippen LogP contribution in [-0.4, -0.2) is 0 Å². The summed E-state index contributed by atoms with van der Waals surface area (Å²) in [6.45, 7) is 1.56. The molecule has 0 N–H and O–H groups in total. The first-order valence-corrected chi connectivity index (χ1v) is 9.05. The standard InChI is InChI=1S/C21H19BrFN/c22-14-19-13-20(23)11-12-21(19)24(15-17-7-3-1-4-8-17)16-18-9-5-2-6-10-18/h1-13H,14-16H2. The minimum absolute atomic E-state index is 0.201. The van der Waals surface area contributed by atoms with E-state index in [0.717, 1.165) is 24.3 Å². The van der Waals surface area contributed by atoms with E-state index in [0.29, 0.717) is 5.33 Å². The van der Waals surface area contributed by atoms with Gasteiger partial charge in [-0.1, -0.05) is 76.6 Å². The normalized spacial score (nSPS) is 10.6. The van der Waals surface area contributed by atoms with Crippen molar-refractivity contribution >= 4 is 21.6 Å². The van der Waals surface area contributed by atoms with Crippen molar-refractivity contribution in [3.05, 3.63) is 101 Å². The summed E-state index contributed by atoms with van der Waals surface area (Å²) in [5, 5.41) is 0.625. The molecule has 3 rings (SSSR count). The molecule has 0 fully saturated rings. The van der Waals surface area contributed by atoms with E-state index in [2.05, 4.69) is 45.1 Å². The van der Waals surface area contributed by atoms with Crippen LogP contribution in [0.4, 0.5) is 10.1 Å². The maximum absolute atomic E-state index is 13.6. The van der Waals surface area contributed by atoms with E-state index in [1.807, 2.05) is 42.5 Å². The Morgan fingerprint density at radius 3 is 1.79 bits per heavy atom. The molecule has 0 aromatic heterocycles. The van der Waals surface area contributed by atoms with Gasteiger partial charge in [0, 0.05) is 24.1 Å². The van der Waals surface area contributed by atoms with Crippen molar-refractivity contribution in [2.24, 2.45) is 0 Å². The molecule has 0 saturated heterocycles. The van der Waals surface area contributed by atoms with Gasteiger partial charge < -0.3 is 4.90 Å². The Morgan fingerprint density at radius 1 is 0.750 bits per heavy atom. The molecule has 0 saturated carbocycles. The molecular formula is C21H19BrFN. The van der Waals surface area contributed by atoms with Gasteiger partial charge >= 0.3 is 0 Å². The second kappa shape index (κ2) is 8.11. The van der Waals surface area contributed by atoms with Crippen LogP contribution in [0.15, 0.2) is 78.9 Å². The van der Waals surface area contributed by atoms with Crippen molar-refractivity contribution < 1.29 is 4.39 Å². The van der Waals surface area contributed by atoms with Crippen LogP contribution in [-0.2, 0) is 18.4 Å². The molecular weight excluding hydrogens is 365 g/mol. The predicted octanol–water partition coefficient (Wildman–Crippen LogP) is 5.93. The summed E-state index contributed by atoms with van der Waals surface area (Å²) in [7, 11) is 0. The van der Waals surface area contributed by atoms with Crippen molar-refractivity contribution in [1.82, 2.24) is 0 Å². The molecule has 0 aliphatic rings. The van der Waals surface area contributed by atoms with E-state index in [1.165, 1.54) is 17.2 Å². The van der Waals surface area contributed by atoms with Gasteiger partial charge in [0.1, 0.15) is 5.82 Å². The lowest BCUT2D eigenvalue weighted by atomic mass is 10.1. The van der Waals surface area contributed by atoms with Crippen molar-refractivity contribution in [3.8, 4) is 0 Å². The van der Waals surface area contributed by atoms with Crippen LogP contribution >= 0.6 is 15.9 Å². The second-order valence-electron chi connectivity index (χ2n) is 5.73. The third-order valence-corrected chi connectivity index (χ3v) is 4.56. The van der Waals surface area contributed by atoms with Gasteiger partial charge in [-0.05, 0) is 34.9 Å². The molecule has 0 heterocycles. The van der Waals surface area contributed by atoms with Gasteiger partial charge in [0.05, 0.1) is 0 Å². The van der Waals surface area contributed by atoms with E-state index >= 15 is 0 Å². The minimum Gasteiger partial charge on any atom is -0.363 e. The fourth-order valence-electron chi connectivity index (χ4n) is 2.80. The van der Waals surface area contributed by atoms with Gasteiger partial charge in [0.15, 0.2) is 0 Å². The second-order valence-corrected chi connectivity index (χ2v) is 6.29. The monoisotopic (exact) mass is 383 g/mol. The number of anilines is 1. The molecule has 24 heavy (non-hydrogen) atoms. The third kappa shape index (κ3) is 4.24. The topological polar surface area (TPSA) is 3.24 Å². The quantitative estimate of drug-likeness (QED) is 0.477. The SMILES string of the molecule is Fc1ccc(N(Cc2ccccc2)Cc2ccccc2)c(CBr)c1. The molecule has 0 unspecified atom stereocenters. The largest absolute Gasteiger partial charge is 0.363 e. The summed E-state index contributed by atoms with van der Waals surface area (Å²) in [4.78, 5) is 2.29. The minimum atomic E-state index is -0.201. The molecule has 0 amide bonds. The van der Waals surface area contributed by atoms with E-state index in [9.17, 15) is 4.39 Å². The first kappa shape index (κ1) is 16.7. The van der Waals surface area contributed by atoms with E-state index in [1.54, 1.807) is 6.07 Å². The summed E-state index contributed by atoms with van der Waals surface area (Å²) in [6.07, 6.45) is 0. The Labute approximate surface area is 150 Å². The summed E-state index contributed by atoms with van der Waals surface area (Å²) < 4.78 is 13.6. The van der Waals surface area contributed by atoms with Crippen molar-refractivity contribution in [3.63, 3.8) is 0 Å². The van der Waals surface area contributed by atoms with Crippen molar-refractivity contribution in [2.75, 3.05) is 4.90 Å². The Balaban J connectivity index is 1.95. The fraction of sp³-hybridized carbons (Fsp3) is 0.143. The van der Waals surface area contributed by atoms with E-state index in [4.69, 9.17) is 0 Å². The molecule has 122 valence electrons. The number of alkyl halides is 1. The smallest absolute Gasteiger partial charge is 0.123 e. The molecule has 0 aliphatic heterocycles. The van der Waals surface area contributed by atoms with E-state index in [-0.39, 0.29) is 5.82 Å². The van der Waals surface area contributed by atoms with E-state index < -0.39 is 0 Å². The number of benzene rings is 3. The van der Waals surface area contributed by atoms with Crippen molar-refractivity contribution in [2.45, 2.75) is 18.4 Å². The lowest BCUT2D eigenvalue weighted by Gasteiger charge is -2.27. The van der Waals surface area contributed by atoms with Gasteiger partial charge in [0.2, 0.25) is 0 Å². The zero-order chi connectivity index (χ0) is 16.8. The average molecular weight is 384 g/mol. The highest BCUT2D eigenvalue weighted by atomic mass is 79.9. The third-order valence-electron chi connectivity index (χ3n) is 3.96. The predicted molar refractivity (Wildman–Crippen MR) is 102 cm³/mol. The highest BCUT2D eigenvalue weighted by molar-refractivity contribution is 9.08. The molecule has 0 spiro atoms. The first-order valence-electron chi connectivity index (χ1n) is 7.93. The zero-order valence-corrected chi connectivity index (χ0v) is 14.9. The fourth-order valence-corrected chi connectivity index (χ4v) is 3.25. The summed E-state index contributed by atoms with van der Waals surface area (Å²) in [5.74, 6) is -0.201. The van der Waals surface area contributed by atoms with Gasteiger partial charge in [-0.15, -0.1) is 0 Å². The highest BCUT2D eigenvalue weighted by Gasteiger charge is 2.13. The molecule has 0 atom stereocenters. The van der Waals surface area contributed by atoms with Gasteiger partial charge in [-0.2, -0.15) is 0 Å². The summed E-state index contributed by atoms with van der Waals surface area (Å²) >= 11 is 3.49. The number of rotatable bonds is 6. The molecule has 1 nitrogen and oxygen atoms in total. The van der Waals surface area contributed by atoms with Crippen molar-refractivity contribution in [1.29, 1.82) is 0 Å². The van der Waals surface area contributed by atoms with Crippen LogP contribution in [0.5, 0.6) is 0 Å². The molecule has 0 radical (unpaired) electrons. The Hall–Kier alpha value is -2.13. The highest BCUT2D eigenvalue weighted by Crippen LogP contribution is 2.27. The van der Waals surface area contributed by atoms with Crippen LogP contribution in [0, 0.1) is 5.82 Å². The number of halogens is 2. The molecule has 3 aromatic carbocycles. The number of hydrogen-bond acceptors (Lipinski definition) is 1. The van der Waals surface area contributed by atoms with Crippen LogP contribution in [0.25, 0.3) is 0 Å². The lowest BCUT2D eigenvalue weighted by molar-refractivity contribution is 0.625. The Morgan fingerprint density at radius 2 is 1.29 bits per heavy atom. The molecule has 3 aromatic rings. The van der Waals surface area contributed by atoms with Crippen LogP contribution in [0.3, 0.4) is 0 Å². The Kier molecular flexibility index (Phi) is 5.65. The first-order chi connectivity index (χ1) is 11.8. The maximum Gasteiger partial charge on any atom is 0.123 e. The average Bonchev–Trinajstić information content (AvgIpc) is 2.63. The van der Waals surface area contributed by atoms with Crippen LogP contribution in [0.2, 0.25) is 0 Å².